The Balaban J connectivity index is 1.74. The topological polar surface area (TPSA) is 63.2 Å². The molecule has 0 spiro atoms. The molecule has 0 aliphatic heterocycles. The minimum Gasteiger partial charge on any atom is -0.343 e. The molecule has 0 radical (unpaired) electrons. The molecule has 1 heterocycles. The van der Waals surface area contributed by atoms with Crippen LogP contribution in [0, 0.1) is 0 Å². The van der Waals surface area contributed by atoms with Crippen LogP contribution in [0.4, 0.5) is 0 Å². The molecule has 0 saturated heterocycles. The third kappa shape index (κ3) is 5.91. The molecule has 146 valence electrons. The number of hydrogen-bond donors (Lipinski definition) is 1. The van der Waals surface area contributed by atoms with Crippen molar-refractivity contribution < 1.29 is 13.2 Å². The van der Waals surface area contributed by atoms with Gasteiger partial charge in [-0.1, -0.05) is 57.9 Å². The van der Waals surface area contributed by atoms with Crippen molar-refractivity contribution in [3.8, 4) is 0 Å². The van der Waals surface area contributed by atoms with Gasteiger partial charge in [-0.15, -0.1) is 11.3 Å². The lowest BCUT2D eigenvalue weighted by molar-refractivity contribution is -0.119. The van der Waals surface area contributed by atoms with Crippen LogP contribution in [0.3, 0.4) is 0 Å². The summed E-state index contributed by atoms with van der Waals surface area (Å²) < 4.78 is 25.8. The number of amides is 1. The first-order valence-corrected chi connectivity index (χ1v) is 12.2. The van der Waals surface area contributed by atoms with Crippen molar-refractivity contribution in [3.63, 3.8) is 0 Å². The largest absolute Gasteiger partial charge is 0.343 e. The zero-order valence-electron chi connectivity index (χ0n) is 14.6. The van der Waals surface area contributed by atoms with E-state index in [9.17, 15) is 13.2 Å². The highest BCUT2D eigenvalue weighted by molar-refractivity contribution is 9.10. The van der Waals surface area contributed by atoms with E-state index < -0.39 is 27.5 Å². The molecule has 1 aromatic heterocycles. The first kappa shape index (κ1) is 21.0. The molecule has 0 aliphatic rings. The fourth-order valence-electron chi connectivity index (χ4n) is 2.76. The molecule has 1 unspecified atom stereocenters. The maximum atomic E-state index is 12.5. The average Bonchev–Trinajstić information content (AvgIpc) is 3.14. The summed E-state index contributed by atoms with van der Waals surface area (Å²) in [7, 11) is -3.60. The summed E-state index contributed by atoms with van der Waals surface area (Å²) in [5.41, 5.74) is 1.47. The Morgan fingerprint density at radius 1 is 1.11 bits per heavy atom. The van der Waals surface area contributed by atoms with Crippen LogP contribution in [-0.2, 0) is 20.4 Å². The van der Waals surface area contributed by atoms with E-state index in [0.717, 1.165) is 14.9 Å². The molecule has 1 N–H and O–H groups in total. The zero-order chi connectivity index (χ0) is 20.1. The number of sulfone groups is 1. The zero-order valence-corrected chi connectivity index (χ0v) is 18.6. The molecule has 8 heteroatoms. The summed E-state index contributed by atoms with van der Waals surface area (Å²) in [6.07, 6.45) is 0. The Morgan fingerprint density at radius 3 is 2.50 bits per heavy atom. The van der Waals surface area contributed by atoms with Gasteiger partial charge in [0.25, 0.3) is 0 Å². The number of halogens is 2. The fourth-order valence-corrected chi connectivity index (χ4v) is 5.41. The lowest BCUT2D eigenvalue weighted by atomic mass is 10.1. The van der Waals surface area contributed by atoms with E-state index in [1.165, 1.54) is 11.3 Å². The van der Waals surface area contributed by atoms with Gasteiger partial charge in [-0.2, -0.15) is 0 Å². The molecule has 0 aliphatic carbocycles. The van der Waals surface area contributed by atoms with Crippen LogP contribution in [0.25, 0.3) is 0 Å². The minimum atomic E-state index is -3.60. The van der Waals surface area contributed by atoms with Gasteiger partial charge in [0.1, 0.15) is 5.75 Å². The van der Waals surface area contributed by atoms with E-state index in [1.54, 1.807) is 30.3 Å². The standard InChI is InChI=1S/C20H17BrClNO3S2/c21-16-4-1-3-14(11-16)12-28(25,26)13-19(24)23-20(18-5-2-10-27-18)15-6-8-17(22)9-7-15/h1-11,20H,12-13H2,(H,23,24). The van der Waals surface area contributed by atoms with Gasteiger partial charge in [0, 0.05) is 14.4 Å². The summed E-state index contributed by atoms with van der Waals surface area (Å²) in [5.74, 6) is -1.30. The number of hydrogen-bond acceptors (Lipinski definition) is 4. The molecule has 28 heavy (non-hydrogen) atoms. The van der Waals surface area contributed by atoms with Crippen LogP contribution in [0.2, 0.25) is 5.02 Å². The molecule has 1 atom stereocenters. The van der Waals surface area contributed by atoms with Gasteiger partial charge < -0.3 is 5.32 Å². The van der Waals surface area contributed by atoms with Crippen molar-refractivity contribution in [3.05, 3.63) is 91.5 Å². The van der Waals surface area contributed by atoms with Crippen LogP contribution in [0.1, 0.15) is 22.0 Å². The SMILES string of the molecule is O=C(CS(=O)(=O)Cc1cccc(Br)c1)NC(c1ccc(Cl)cc1)c1cccs1. The third-order valence-electron chi connectivity index (χ3n) is 3.96. The molecule has 1 amide bonds. The monoisotopic (exact) mass is 497 g/mol. The number of benzene rings is 2. The normalized spacial score (nSPS) is 12.5. The second kappa shape index (κ2) is 9.22. The number of rotatable bonds is 7. The van der Waals surface area contributed by atoms with E-state index in [-0.39, 0.29) is 5.75 Å². The second-order valence-corrected chi connectivity index (χ2v) is 10.6. The van der Waals surface area contributed by atoms with Gasteiger partial charge in [0.2, 0.25) is 5.91 Å². The number of nitrogens with one attached hydrogen (secondary N) is 1. The van der Waals surface area contributed by atoms with Gasteiger partial charge in [-0.05, 0) is 46.8 Å². The van der Waals surface area contributed by atoms with Crippen molar-refractivity contribution in [2.45, 2.75) is 11.8 Å². The molecule has 0 bridgehead atoms. The summed E-state index contributed by atoms with van der Waals surface area (Å²) in [6.45, 7) is 0. The second-order valence-electron chi connectivity index (χ2n) is 6.23. The Kier molecular flexibility index (Phi) is 6.93. The van der Waals surface area contributed by atoms with Crippen LogP contribution in [0.15, 0.2) is 70.5 Å². The average molecular weight is 499 g/mol. The molecule has 3 aromatic rings. The molecule has 2 aromatic carbocycles. The van der Waals surface area contributed by atoms with Gasteiger partial charge in [-0.3, -0.25) is 4.79 Å². The van der Waals surface area contributed by atoms with Gasteiger partial charge in [-0.25, -0.2) is 8.42 Å². The Hall–Kier alpha value is -1.67. The molecule has 4 nitrogen and oxygen atoms in total. The minimum absolute atomic E-state index is 0.190. The highest BCUT2D eigenvalue weighted by atomic mass is 79.9. The van der Waals surface area contributed by atoms with E-state index in [4.69, 9.17) is 11.6 Å². The Morgan fingerprint density at radius 2 is 1.86 bits per heavy atom. The number of thiophene rings is 1. The van der Waals surface area contributed by atoms with Crippen molar-refractivity contribution >= 4 is 54.6 Å². The number of carbonyl (C=O) groups is 1. The van der Waals surface area contributed by atoms with Crippen LogP contribution < -0.4 is 5.32 Å². The lowest BCUT2D eigenvalue weighted by Gasteiger charge is -2.18. The third-order valence-corrected chi connectivity index (χ3v) is 7.12. The van der Waals surface area contributed by atoms with Gasteiger partial charge in [0.15, 0.2) is 9.84 Å². The first-order valence-electron chi connectivity index (χ1n) is 8.35. The predicted molar refractivity (Wildman–Crippen MR) is 117 cm³/mol. The summed E-state index contributed by atoms with van der Waals surface area (Å²) in [5, 5.41) is 5.35. The van der Waals surface area contributed by atoms with Crippen molar-refractivity contribution in [1.82, 2.24) is 5.32 Å². The van der Waals surface area contributed by atoms with E-state index in [2.05, 4.69) is 21.2 Å². The number of carbonyl (C=O) groups excluding carboxylic acids is 1. The first-order chi connectivity index (χ1) is 13.3. The van der Waals surface area contributed by atoms with Crippen LogP contribution >= 0.6 is 38.9 Å². The van der Waals surface area contributed by atoms with E-state index in [0.29, 0.717) is 10.6 Å². The summed E-state index contributed by atoms with van der Waals surface area (Å²) >= 11 is 10.8. The molecule has 0 saturated carbocycles. The fraction of sp³-hybridized carbons (Fsp3) is 0.150. The predicted octanol–water partition coefficient (Wildman–Crippen LogP) is 4.98. The van der Waals surface area contributed by atoms with Gasteiger partial charge >= 0.3 is 0 Å². The van der Waals surface area contributed by atoms with Gasteiger partial charge in [0.05, 0.1) is 11.8 Å². The smallest absolute Gasteiger partial charge is 0.235 e. The van der Waals surface area contributed by atoms with Crippen molar-refractivity contribution in [2.75, 3.05) is 5.75 Å². The Labute approximate surface area is 181 Å². The molecular formula is C20H17BrClNO3S2. The maximum absolute atomic E-state index is 12.5. The lowest BCUT2D eigenvalue weighted by Crippen LogP contribution is -2.34. The van der Waals surface area contributed by atoms with Crippen LogP contribution in [-0.4, -0.2) is 20.1 Å². The van der Waals surface area contributed by atoms with Crippen molar-refractivity contribution in [1.29, 1.82) is 0 Å². The van der Waals surface area contributed by atoms with E-state index in [1.807, 2.05) is 35.7 Å². The maximum Gasteiger partial charge on any atom is 0.235 e. The molecule has 3 rings (SSSR count). The highest BCUT2D eigenvalue weighted by Crippen LogP contribution is 2.27. The van der Waals surface area contributed by atoms with E-state index >= 15 is 0 Å². The van der Waals surface area contributed by atoms with Crippen LogP contribution in [0.5, 0.6) is 0 Å². The summed E-state index contributed by atoms with van der Waals surface area (Å²) in [6, 6.07) is 17.5. The Bertz CT molecular complexity index is 1050. The highest BCUT2D eigenvalue weighted by Gasteiger charge is 2.22. The van der Waals surface area contributed by atoms with Crippen molar-refractivity contribution in [2.24, 2.45) is 0 Å². The quantitative estimate of drug-likeness (QED) is 0.499. The molecular weight excluding hydrogens is 482 g/mol. The summed E-state index contributed by atoms with van der Waals surface area (Å²) in [4.78, 5) is 13.5. The molecule has 0 fully saturated rings.